The van der Waals surface area contributed by atoms with Crippen LogP contribution in [-0.2, 0) is 14.9 Å². The molecule has 1 heterocycles. The Morgan fingerprint density at radius 1 is 1.00 bits per heavy atom. The van der Waals surface area contributed by atoms with E-state index in [0.717, 1.165) is 23.9 Å². The third-order valence-corrected chi connectivity index (χ3v) is 6.68. The van der Waals surface area contributed by atoms with Gasteiger partial charge in [-0.1, -0.05) is 18.2 Å². The Bertz CT molecular complexity index is 936. The number of hydrogen-bond acceptors (Lipinski definition) is 5. The lowest BCUT2D eigenvalue weighted by atomic mass is 9.79. The largest absolute Gasteiger partial charge is 0.494 e. The SMILES string of the molecule is CC1(C)OB(c2ccc(NSC(F)F)c(OC3(c4ccc(F)cc4)CC3)c2)OC1(C)C. The van der Waals surface area contributed by atoms with Crippen LogP contribution in [0.4, 0.5) is 18.9 Å². The molecule has 1 N–H and O–H groups in total. The van der Waals surface area contributed by atoms with Gasteiger partial charge in [0, 0.05) is 11.9 Å². The van der Waals surface area contributed by atoms with E-state index in [2.05, 4.69) is 4.72 Å². The average Bonchev–Trinajstić information content (AvgIpc) is 3.42. The highest BCUT2D eigenvalue weighted by Gasteiger charge is 2.52. The Labute approximate surface area is 185 Å². The van der Waals surface area contributed by atoms with E-state index in [1.165, 1.54) is 12.1 Å². The zero-order valence-electron chi connectivity index (χ0n) is 17.9. The van der Waals surface area contributed by atoms with Gasteiger partial charge in [0.05, 0.1) is 16.9 Å². The standard InChI is InChI=1S/C22H25BF3NO3S/c1-20(2)21(3,4)30-23(29-20)15-7-10-17(27-31-19(25)26)18(13-15)28-22(11-12-22)14-5-8-16(24)9-6-14/h5-10,13,19,27H,11-12H2,1-4H3. The summed E-state index contributed by atoms with van der Waals surface area (Å²) in [5.41, 5.74) is 0.395. The Morgan fingerprint density at radius 2 is 1.61 bits per heavy atom. The van der Waals surface area contributed by atoms with E-state index in [9.17, 15) is 13.2 Å². The van der Waals surface area contributed by atoms with Crippen molar-refractivity contribution in [1.29, 1.82) is 0 Å². The minimum Gasteiger partial charge on any atom is -0.480 e. The predicted octanol–water partition coefficient (Wildman–Crippen LogP) is 5.48. The van der Waals surface area contributed by atoms with E-state index in [1.54, 1.807) is 30.3 Å². The number of nitrogens with one attached hydrogen (secondary N) is 1. The molecule has 31 heavy (non-hydrogen) atoms. The number of hydrogen-bond donors (Lipinski definition) is 1. The third kappa shape index (κ3) is 4.54. The minimum absolute atomic E-state index is 0.305. The molecular weight excluding hydrogens is 426 g/mol. The van der Waals surface area contributed by atoms with Crippen LogP contribution in [-0.4, -0.2) is 24.1 Å². The summed E-state index contributed by atoms with van der Waals surface area (Å²) >= 11 is 0.305. The number of anilines is 1. The van der Waals surface area contributed by atoms with Crippen LogP contribution in [0.5, 0.6) is 5.75 Å². The van der Waals surface area contributed by atoms with Crippen LogP contribution >= 0.6 is 11.9 Å². The van der Waals surface area contributed by atoms with Crippen LogP contribution in [0.25, 0.3) is 0 Å². The van der Waals surface area contributed by atoms with Crippen molar-refractivity contribution in [3.05, 3.63) is 53.8 Å². The molecule has 1 aliphatic carbocycles. The smallest absolute Gasteiger partial charge is 0.480 e. The maximum atomic E-state index is 13.4. The van der Waals surface area contributed by atoms with Gasteiger partial charge in [0.25, 0.3) is 0 Å². The van der Waals surface area contributed by atoms with E-state index in [0.29, 0.717) is 23.4 Å². The molecule has 0 unspecified atom stereocenters. The lowest BCUT2D eigenvalue weighted by Crippen LogP contribution is -2.41. The van der Waals surface area contributed by atoms with Crippen LogP contribution in [0.3, 0.4) is 0 Å². The first-order valence-corrected chi connectivity index (χ1v) is 11.0. The second kappa shape index (κ2) is 7.94. The second-order valence-corrected chi connectivity index (χ2v) is 9.72. The molecule has 0 atom stereocenters. The van der Waals surface area contributed by atoms with Crippen molar-refractivity contribution in [2.45, 2.75) is 63.1 Å². The Kier molecular flexibility index (Phi) is 5.73. The van der Waals surface area contributed by atoms with Crippen LogP contribution in [0.1, 0.15) is 46.1 Å². The molecule has 9 heteroatoms. The summed E-state index contributed by atoms with van der Waals surface area (Å²) in [6.45, 7) is 7.86. The van der Waals surface area contributed by atoms with Gasteiger partial charge in [-0.25, -0.2) is 4.39 Å². The molecule has 4 rings (SSSR count). The minimum atomic E-state index is -2.58. The molecule has 4 nitrogen and oxygen atoms in total. The first kappa shape index (κ1) is 22.4. The Balaban J connectivity index is 1.64. The van der Waals surface area contributed by atoms with Gasteiger partial charge in [-0.15, -0.1) is 0 Å². The lowest BCUT2D eigenvalue weighted by Gasteiger charge is -2.32. The van der Waals surface area contributed by atoms with Crippen molar-refractivity contribution < 1.29 is 27.2 Å². The zero-order valence-corrected chi connectivity index (χ0v) is 18.7. The molecule has 1 saturated heterocycles. The maximum absolute atomic E-state index is 13.4. The average molecular weight is 451 g/mol. The molecule has 0 amide bonds. The van der Waals surface area contributed by atoms with Crippen molar-refractivity contribution >= 4 is 30.2 Å². The molecule has 2 aromatic carbocycles. The van der Waals surface area contributed by atoms with E-state index >= 15 is 0 Å². The fourth-order valence-electron chi connectivity index (χ4n) is 3.47. The molecule has 0 spiro atoms. The van der Waals surface area contributed by atoms with Crippen LogP contribution in [0, 0.1) is 5.82 Å². The molecule has 166 valence electrons. The van der Waals surface area contributed by atoms with Crippen molar-refractivity contribution in [3.63, 3.8) is 0 Å². The van der Waals surface area contributed by atoms with E-state index in [-0.39, 0.29) is 5.82 Å². The van der Waals surface area contributed by atoms with Gasteiger partial charge in [-0.05, 0) is 75.8 Å². The second-order valence-electron chi connectivity index (χ2n) is 8.93. The Hall–Kier alpha value is -1.84. The van der Waals surface area contributed by atoms with Gasteiger partial charge >= 0.3 is 12.9 Å². The number of rotatable bonds is 7. The summed E-state index contributed by atoms with van der Waals surface area (Å²) in [6.07, 6.45) is 1.50. The normalized spacial score (nSPS) is 20.7. The molecule has 2 fully saturated rings. The number of halogens is 3. The topological polar surface area (TPSA) is 39.7 Å². The Morgan fingerprint density at radius 3 is 2.16 bits per heavy atom. The summed E-state index contributed by atoms with van der Waals surface area (Å²) in [5.74, 6) is -2.48. The van der Waals surface area contributed by atoms with Crippen LogP contribution < -0.4 is 14.9 Å². The van der Waals surface area contributed by atoms with E-state index in [4.69, 9.17) is 14.0 Å². The van der Waals surface area contributed by atoms with Crippen molar-refractivity contribution in [2.75, 3.05) is 4.72 Å². The molecule has 1 saturated carbocycles. The van der Waals surface area contributed by atoms with Crippen molar-refractivity contribution in [1.82, 2.24) is 0 Å². The highest BCUT2D eigenvalue weighted by molar-refractivity contribution is 8.00. The first-order valence-electron chi connectivity index (χ1n) is 10.2. The fourth-order valence-corrected chi connectivity index (χ4v) is 3.85. The molecule has 1 aliphatic heterocycles. The molecule has 0 aromatic heterocycles. The fraction of sp³-hybridized carbons (Fsp3) is 0.455. The van der Waals surface area contributed by atoms with Gasteiger partial charge in [-0.2, -0.15) is 8.78 Å². The summed E-state index contributed by atoms with van der Waals surface area (Å²) in [5, 5.41) is 0. The van der Waals surface area contributed by atoms with Crippen LogP contribution in [0.15, 0.2) is 42.5 Å². The number of alkyl halides is 2. The summed E-state index contributed by atoms with van der Waals surface area (Å²) in [4.78, 5) is 0. The quantitative estimate of drug-likeness (QED) is 0.446. The van der Waals surface area contributed by atoms with E-state index < -0.39 is 29.7 Å². The molecular formula is C22H25BF3NO3S. The first-order chi connectivity index (χ1) is 14.5. The monoisotopic (exact) mass is 451 g/mol. The van der Waals surface area contributed by atoms with Gasteiger partial charge in [-0.3, -0.25) is 0 Å². The molecule has 0 bridgehead atoms. The van der Waals surface area contributed by atoms with Crippen molar-refractivity contribution in [3.8, 4) is 5.75 Å². The predicted molar refractivity (Wildman–Crippen MR) is 117 cm³/mol. The summed E-state index contributed by atoms with van der Waals surface area (Å²) < 4.78 is 60.2. The van der Waals surface area contributed by atoms with Crippen LogP contribution in [0.2, 0.25) is 0 Å². The van der Waals surface area contributed by atoms with Gasteiger partial charge in [0.1, 0.15) is 17.2 Å². The number of benzene rings is 2. The molecule has 0 radical (unpaired) electrons. The summed E-state index contributed by atoms with van der Waals surface area (Å²) in [7, 11) is -0.606. The molecule has 2 aliphatic rings. The maximum Gasteiger partial charge on any atom is 0.494 e. The molecule has 2 aromatic rings. The van der Waals surface area contributed by atoms with Gasteiger partial charge in [0.15, 0.2) is 0 Å². The van der Waals surface area contributed by atoms with Gasteiger partial charge in [0.2, 0.25) is 0 Å². The van der Waals surface area contributed by atoms with Gasteiger partial charge < -0.3 is 18.8 Å². The number of ether oxygens (including phenoxy) is 1. The highest BCUT2D eigenvalue weighted by atomic mass is 32.2. The zero-order chi connectivity index (χ0) is 22.4. The van der Waals surface area contributed by atoms with Crippen molar-refractivity contribution in [2.24, 2.45) is 0 Å². The lowest BCUT2D eigenvalue weighted by molar-refractivity contribution is 0.00578. The highest BCUT2D eigenvalue weighted by Crippen LogP contribution is 2.50. The van der Waals surface area contributed by atoms with E-state index in [1.807, 2.05) is 27.7 Å². The third-order valence-electron chi connectivity index (χ3n) is 6.17. The summed E-state index contributed by atoms with van der Waals surface area (Å²) in [6, 6.07) is 11.4.